The Morgan fingerprint density at radius 3 is 2.29 bits per heavy atom. The van der Waals surface area contributed by atoms with Crippen LogP contribution in [0.25, 0.3) is 72.3 Å². The predicted octanol–water partition coefficient (Wildman–Crippen LogP) is 12.6. The quantitative estimate of drug-likeness (QED) is 0.113. The molecule has 5 nitrogen and oxygen atoms in total. The van der Waals surface area contributed by atoms with Crippen molar-refractivity contribution in [3.63, 3.8) is 0 Å². The monoisotopic (exact) mass is 932 g/mol. The van der Waals surface area contributed by atoms with E-state index in [4.69, 9.17) is 16.6 Å². The molecule has 9 aromatic rings. The molecular formula is C49H47IrN3O2Si-2. The fourth-order valence-corrected chi connectivity index (χ4v) is 8.94. The van der Waals surface area contributed by atoms with Crippen LogP contribution in [0.5, 0.6) is 0 Å². The molecule has 0 atom stereocenters. The second kappa shape index (κ2) is 16.2. The average molecular weight is 932 g/mol. The van der Waals surface area contributed by atoms with Gasteiger partial charge in [-0.3, -0.25) is 4.98 Å². The van der Waals surface area contributed by atoms with Crippen LogP contribution in [-0.2, 0) is 32.9 Å². The topological polar surface area (TPSA) is 57.0 Å². The van der Waals surface area contributed by atoms with Crippen LogP contribution in [-0.4, -0.2) is 22.6 Å². The van der Waals surface area contributed by atoms with E-state index in [0.29, 0.717) is 22.9 Å². The fraction of sp³-hybridized carbons (Fsp3) is 0.224. The van der Waals surface area contributed by atoms with Crippen molar-refractivity contribution in [1.29, 1.82) is 0 Å². The maximum atomic E-state index is 8.48. The predicted molar refractivity (Wildman–Crippen MR) is 231 cm³/mol. The molecule has 0 saturated heterocycles. The van der Waals surface area contributed by atoms with Crippen LogP contribution in [0.2, 0.25) is 19.6 Å². The molecule has 9 rings (SSSR count). The molecule has 0 aliphatic carbocycles. The molecule has 0 bridgehead atoms. The third-order valence-electron chi connectivity index (χ3n) is 9.79. The minimum atomic E-state index is -1.46. The number of fused-ring (bicyclic) bond motifs is 5. The van der Waals surface area contributed by atoms with Crippen molar-refractivity contribution in [3.05, 3.63) is 145 Å². The molecule has 5 aromatic carbocycles. The number of benzene rings is 5. The normalized spacial score (nSPS) is 12.6. The van der Waals surface area contributed by atoms with E-state index in [2.05, 4.69) is 91.9 Å². The molecule has 4 aromatic heterocycles. The Balaban J connectivity index is 0.000000208. The number of para-hydroxylation sites is 3. The molecule has 0 N–H and O–H groups in total. The molecule has 0 spiro atoms. The first kappa shape index (κ1) is 36.6. The summed E-state index contributed by atoms with van der Waals surface area (Å²) in [5.74, 6) is 1.20. The number of rotatable bonds is 8. The van der Waals surface area contributed by atoms with Gasteiger partial charge in [0, 0.05) is 63.4 Å². The summed E-state index contributed by atoms with van der Waals surface area (Å²) in [5, 5.41) is 4.49. The largest absolute Gasteiger partial charge is 0.557 e. The molecular weight excluding hydrogens is 883 g/mol. The fourth-order valence-electron chi connectivity index (χ4n) is 7.35. The summed E-state index contributed by atoms with van der Waals surface area (Å²) in [5.41, 5.74) is 9.92. The molecule has 0 saturated carbocycles. The van der Waals surface area contributed by atoms with E-state index in [-0.39, 0.29) is 26.0 Å². The molecule has 285 valence electrons. The number of imidazole rings is 1. The van der Waals surface area contributed by atoms with Gasteiger partial charge in [-0.15, -0.1) is 42.0 Å². The summed E-state index contributed by atoms with van der Waals surface area (Å²) in [6, 6.07) is 41.4. The number of pyridine rings is 1. The van der Waals surface area contributed by atoms with Gasteiger partial charge in [0.2, 0.25) is 0 Å². The molecule has 0 aliphatic heterocycles. The Hall–Kier alpha value is -5.07. The van der Waals surface area contributed by atoms with Crippen molar-refractivity contribution < 1.29 is 31.7 Å². The second-order valence-electron chi connectivity index (χ2n) is 16.0. The summed E-state index contributed by atoms with van der Waals surface area (Å²) >= 11 is 0. The smallest absolute Gasteiger partial charge is 0.137 e. The Kier molecular flexibility index (Phi) is 10.6. The van der Waals surface area contributed by atoms with Gasteiger partial charge in [-0.2, -0.15) is 0 Å². The maximum absolute atomic E-state index is 8.48. The summed E-state index contributed by atoms with van der Waals surface area (Å²) in [6.45, 7) is 15.5. The van der Waals surface area contributed by atoms with Gasteiger partial charge in [0.25, 0.3) is 0 Å². The minimum absolute atomic E-state index is 0. The Labute approximate surface area is 347 Å². The zero-order valence-electron chi connectivity index (χ0n) is 34.9. The van der Waals surface area contributed by atoms with E-state index in [0.717, 1.165) is 67.3 Å². The van der Waals surface area contributed by atoms with Gasteiger partial charge in [-0.25, -0.2) is 0 Å². The van der Waals surface area contributed by atoms with Gasteiger partial charge in [-0.1, -0.05) is 118 Å². The molecule has 7 heteroatoms. The van der Waals surface area contributed by atoms with E-state index in [9.17, 15) is 0 Å². The van der Waals surface area contributed by atoms with E-state index in [1.54, 1.807) is 6.07 Å². The van der Waals surface area contributed by atoms with Crippen LogP contribution in [0.4, 0.5) is 0 Å². The van der Waals surface area contributed by atoms with Gasteiger partial charge in [0.15, 0.2) is 0 Å². The average Bonchev–Trinajstić information content (AvgIpc) is 3.90. The first-order valence-electron chi connectivity index (χ1n) is 20.1. The van der Waals surface area contributed by atoms with Gasteiger partial charge < -0.3 is 18.4 Å². The number of furan rings is 2. The van der Waals surface area contributed by atoms with Crippen LogP contribution in [0.3, 0.4) is 0 Å². The van der Waals surface area contributed by atoms with Crippen LogP contribution in [0.15, 0.2) is 130 Å². The van der Waals surface area contributed by atoms with Crippen LogP contribution in [0.1, 0.15) is 41.6 Å². The summed E-state index contributed by atoms with van der Waals surface area (Å²) < 4.78 is 31.1. The van der Waals surface area contributed by atoms with E-state index < -0.39 is 14.4 Å². The van der Waals surface area contributed by atoms with Crippen LogP contribution >= 0.6 is 0 Å². The first-order valence-corrected chi connectivity index (χ1v) is 22.6. The van der Waals surface area contributed by atoms with Gasteiger partial charge >= 0.3 is 0 Å². The molecule has 0 unspecified atom stereocenters. The van der Waals surface area contributed by atoms with Crippen molar-refractivity contribution in [1.82, 2.24) is 14.5 Å². The maximum Gasteiger partial charge on any atom is 0.137 e. The van der Waals surface area contributed by atoms with Crippen molar-refractivity contribution in [2.24, 2.45) is 11.8 Å². The van der Waals surface area contributed by atoms with Crippen molar-refractivity contribution >= 4 is 57.2 Å². The van der Waals surface area contributed by atoms with Gasteiger partial charge in [0.05, 0.1) is 24.9 Å². The summed E-state index contributed by atoms with van der Waals surface area (Å²) in [4.78, 5) is 9.66. The number of nitrogens with zero attached hydrogens (tertiary/aromatic N) is 3. The molecule has 0 amide bonds. The minimum Gasteiger partial charge on any atom is -0.557 e. The SMILES string of the molecule is CC(C)Cc1cc(-c2[c-]cccc2)ncc1[Si](C)(C)C.[2H]C([2H])(c1ccc2c(-c3nc4ccccc4n3-c3ccc4c(c3)oc3ccccc34)[c-]oc2c1)C(C)C.[Ir]. The second-order valence-corrected chi connectivity index (χ2v) is 21.0. The van der Waals surface area contributed by atoms with E-state index in [1.165, 1.54) is 10.8 Å². The molecule has 0 fully saturated rings. The van der Waals surface area contributed by atoms with Crippen LogP contribution < -0.4 is 5.19 Å². The summed E-state index contributed by atoms with van der Waals surface area (Å²) in [6.07, 6.45) is 4.84. The zero-order chi connectivity index (χ0) is 40.1. The Morgan fingerprint density at radius 1 is 0.768 bits per heavy atom. The standard InChI is InChI=1S/C31H23N2O2.C18H24NSi.Ir/c1-19(2)15-20-11-13-24-25(18-34-29(24)16-20)31-32-26-8-4-5-9-27(26)33(31)21-12-14-23-22-7-3-6-10-28(22)35-30(23)17-21;1-14(2)11-16-12-17(15-9-7-6-8-10-15)19-13-18(16)20(3,4)5;/h3-14,16-17,19H,15H2,1-2H3;6-9,12-14H,11H2,1-5H3;/q2*-1;/i15D2;;. The van der Waals surface area contributed by atoms with Crippen molar-refractivity contribution in [2.45, 2.75) is 60.1 Å². The molecule has 4 heterocycles. The van der Waals surface area contributed by atoms with Gasteiger partial charge in [0.1, 0.15) is 11.2 Å². The zero-order valence-corrected chi connectivity index (χ0v) is 36.3. The van der Waals surface area contributed by atoms with E-state index in [1.807, 2.05) is 92.7 Å². The number of hydrogen-bond donors (Lipinski definition) is 0. The third kappa shape index (κ3) is 7.95. The Bertz CT molecular complexity index is 2870. The third-order valence-corrected chi connectivity index (χ3v) is 11.9. The van der Waals surface area contributed by atoms with Gasteiger partial charge in [-0.05, 0) is 65.8 Å². The number of aromatic nitrogens is 3. The molecule has 0 aliphatic rings. The Morgan fingerprint density at radius 2 is 1.52 bits per heavy atom. The molecule has 1 radical (unpaired) electrons. The van der Waals surface area contributed by atoms with Crippen molar-refractivity contribution in [3.8, 4) is 28.3 Å². The van der Waals surface area contributed by atoms with Crippen LogP contribution in [0, 0.1) is 24.2 Å². The molecule has 56 heavy (non-hydrogen) atoms. The number of hydrogen-bond acceptors (Lipinski definition) is 4. The summed E-state index contributed by atoms with van der Waals surface area (Å²) in [7, 11) is -1.34. The first-order chi connectivity index (χ1) is 27.3. The van der Waals surface area contributed by atoms with E-state index >= 15 is 0 Å². The van der Waals surface area contributed by atoms with Crippen molar-refractivity contribution in [2.75, 3.05) is 0 Å².